The van der Waals surface area contributed by atoms with Crippen molar-refractivity contribution in [2.45, 2.75) is 13.0 Å². The van der Waals surface area contributed by atoms with Crippen LogP contribution in [0.1, 0.15) is 17.7 Å². The highest BCUT2D eigenvalue weighted by Crippen LogP contribution is 2.21. The van der Waals surface area contributed by atoms with Crippen molar-refractivity contribution in [3.8, 4) is 0 Å². The average molecular weight is 194 g/mol. The second-order valence-electron chi connectivity index (χ2n) is 2.16. The van der Waals surface area contributed by atoms with Crippen molar-refractivity contribution in [1.29, 1.82) is 0 Å². The first-order valence-electron chi connectivity index (χ1n) is 3.18. The van der Waals surface area contributed by atoms with Crippen LogP contribution < -0.4 is 0 Å². The monoisotopic (exact) mass is 193 g/mol. The van der Waals surface area contributed by atoms with Gasteiger partial charge in [-0.05, 0) is 11.6 Å². The van der Waals surface area contributed by atoms with Gasteiger partial charge in [0.1, 0.15) is 5.69 Å². The Morgan fingerprint density at radius 3 is 2.75 bits per heavy atom. The van der Waals surface area contributed by atoms with Gasteiger partial charge in [0.15, 0.2) is 0 Å². The number of halogens is 3. The molecule has 1 aromatic rings. The van der Waals surface area contributed by atoms with Crippen LogP contribution in [0.3, 0.4) is 0 Å². The maximum Gasteiger partial charge on any atom is 0.280 e. The minimum absolute atomic E-state index is 0.196. The van der Waals surface area contributed by atoms with E-state index in [0.717, 1.165) is 12.3 Å². The van der Waals surface area contributed by atoms with Gasteiger partial charge in [0, 0.05) is 6.20 Å². The van der Waals surface area contributed by atoms with Crippen molar-refractivity contribution in [2.75, 3.05) is 0 Å². The summed E-state index contributed by atoms with van der Waals surface area (Å²) in [6.07, 6.45) is -1.53. The minimum Gasteiger partial charge on any atom is -0.392 e. The number of hydrogen-bond acceptors (Lipinski definition) is 2. The molecule has 0 aliphatic heterocycles. The van der Waals surface area contributed by atoms with Gasteiger partial charge in [-0.15, -0.1) is 0 Å². The van der Waals surface area contributed by atoms with Crippen LogP contribution in [0.2, 0.25) is 5.02 Å². The summed E-state index contributed by atoms with van der Waals surface area (Å²) < 4.78 is 24.1. The number of nitrogens with zero attached hydrogens (tertiary/aromatic N) is 1. The van der Waals surface area contributed by atoms with Crippen LogP contribution in [-0.4, -0.2) is 10.1 Å². The quantitative estimate of drug-likeness (QED) is 0.781. The zero-order valence-corrected chi connectivity index (χ0v) is 6.72. The second kappa shape index (κ2) is 3.78. The van der Waals surface area contributed by atoms with Crippen LogP contribution in [0.5, 0.6) is 0 Å². The van der Waals surface area contributed by atoms with Crippen LogP contribution in [0.15, 0.2) is 12.3 Å². The Kier molecular flexibility index (Phi) is 2.94. The van der Waals surface area contributed by atoms with E-state index in [-0.39, 0.29) is 22.9 Å². The van der Waals surface area contributed by atoms with Crippen LogP contribution in [0.4, 0.5) is 8.78 Å². The van der Waals surface area contributed by atoms with E-state index in [0.29, 0.717) is 0 Å². The van der Waals surface area contributed by atoms with Gasteiger partial charge in [-0.2, -0.15) is 0 Å². The Morgan fingerprint density at radius 1 is 1.58 bits per heavy atom. The first kappa shape index (κ1) is 9.35. The summed E-state index contributed by atoms with van der Waals surface area (Å²) in [4.78, 5) is 3.39. The molecule has 0 unspecified atom stereocenters. The average Bonchev–Trinajstić information content (AvgIpc) is 2.05. The molecule has 1 rings (SSSR count). The summed E-state index contributed by atoms with van der Waals surface area (Å²) in [5, 5.41) is 8.86. The van der Waals surface area contributed by atoms with Crippen molar-refractivity contribution in [2.24, 2.45) is 0 Å². The van der Waals surface area contributed by atoms with E-state index in [9.17, 15) is 8.78 Å². The summed E-state index contributed by atoms with van der Waals surface area (Å²) in [6, 6.07) is 1.09. The molecule has 0 fully saturated rings. The summed E-state index contributed by atoms with van der Waals surface area (Å²) in [5.74, 6) is 0. The number of aliphatic hydroxyl groups is 1. The van der Waals surface area contributed by atoms with E-state index in [2.05, 4.69) is 4.98 Å². The normalized spacial score (nSPS) is 10.8. The largest absolute Gasteiger partial charge is 0.392 e. The van der Waals surface area contributed by atoms with Gasteiger partial charge in [-0.25, -0.2) is 8.78 Å². The number of alkyl halides is 2. The molecule has 66 valence electrons. The molecule has 0 atom stereocenters. The smallest absolute Gasteiger partial charge is 0.280 e. The lowest BCUT2D eigenvalue weighted by Crippen LogP contribution is -1.94. The number of rotatable bonds is 2. The first-order chi connectivity index (χ1) is 5.65. The number of hydrogen-bond donors (Lipinski definition) is 1. The fourth-order valence-electron chi connectivity index (χ4n) is 0.739. The SMILES string of the molecule is OCc1cc(C(F)F)ncc1Cl. The van der Waals surface area contributed by atoms with Gasteiger partial charge < -0.3 is 5.11 Å². The summed E-state index contributed by atoms with van der Waals surface area (Å²) >= 11 is 5.53. The third kappa shape index (κ3) is 1.89. The van der Waals surface area contributed by atoms with Crippen LogP contribution in [0, 0.1) is 0 Å². The third-order valence-corrected chi connectivity index (χ3v) is 1.69. The highest BCUT2D eigenvalue weighted by Gasteiger charge is 2.10. The second-order valence-corrected chi connectivity index (χ2v) is 2.57. The Bertz CT molecular complexity index is 280. The van der Waals surface area contributed by atoms with Crippen molar-refractivity contribution in [3.63, 3.8) is 0 Å². The standard InChI is InChI=1S/C7H6ClF2NO/c8-5-2-11-6(7(9)10)1-4(5)3-12/h1-2,7,12H,3H2. The molecular weight excluding hydrogens is 188 g/mol. The molecule has 2 nitrogen and oxygen atoms in total. The first-order valence-corrected chi connectivity index (χ1v) is 3.56. The van der Waals surface area contributed by atoms with Gasteiger partial charge >= 0.3 is 0 Å². The number of aliphatic hydroxyl groups excluding tert-OH is 1. The Balaban J connectivity index is 3.05. The molecule has 0 radical (unpaired) electrons. The lowest BCUT2D eigenvalue weighted by molar-refractivity contribution is 0.145. The maximum atomic E-state index is 12.0. The van der Waals surface area contributed by atoms with Crippen LogP contribution in [-0.2, 0) is 6.61 Å². The van der Waals surface area contributed by atoms with E-state index < -0.39 is 6.43 Å². The maximum absolute atomic E-state index is 12.0. The molecule has 12 heavy (non-hydrogen) atoms. The fourth-order valence-corrected chi connectivity index (χ4v) is 0.902. The Morgan fingerprint density at radius 2 is 2.25 bits per heavy atom. The molecule has 1 N–H and O–H groups in total. The molecule has 1 heterocycles. The summed E-state index contributed by atoms with van der Waals surface area (Å²) in [6.45, 7) is -0.360. The molecule has 0 spiro atoms. The molecule has 0 saturated carbocycles. The zero-order chi connectivity index (χ0) is 9.14. The van der Waals surface area contributed by atoms with E-state index in [4.69, 9.17) is 16.7 Å². The van der Waals surface area contributed by atoms with Gasteiger partial charge in [0.25, 0.3) is 6.43 Å². The molecule has 0 aliphatic carbocycles. The van der Waals surface area contributed by atoms with Gasteiger partial charge in [0.2, 0.25) is 0 Å². The molecule has 0 bridgehead atoms. The van der Waals surface area contributed by atoms with E-state index in [1.807, 2.05) is 0 Å². The fraction of sp³-hybridized carbons (Fsp3) is 0.286. The molecule has 0 saturated heterocycles. The molecule has 0 aliphatic rings. The van der Waals surface area contributed by atoms with E-state index >= 15 is 0 Å². The van der Waals surface area contributed by atoms with E-state index in [1.54, 1.807) is 0 Å². The molecule has 1 aromatic heterocycles. The summed E-state index contributed by atoms with van der Waals surface area (Å²) in [7, 11) is 0. The van der Waals surface area contributed by atoms with E-state index in [1.165, 1.54) is 0 Å². The topological polar surface area (TPSA) is 33.1 Å². The molecular formula is C7H6ClF2NO. The third-order valence-electron chi connectivity index (χ3n) is 1.35. The molecule has 0 aromatic carbocycles. The number of pyridine rings is 1. The van der Waals surface area contributed by atoms with Crippen molar-refractivity contribution in [3.05, 3.63) is 28.5 Å². The van der Waals surface area contributed by atoms with Crippen LogP contribution >= 0.6 is 11.6 Å². The lowest BCUT2D eigenvalue weighted by Gasteiger charge is -2.02. The van der Waals surface area contributed by atoms with Crippen molar-refractivity contribution in [1.82, 2.24) is 4.98 Å². The predicted molar refractivity (Wildman–Crippen MR) is 40.1 cm³/mol. The number of aromatic nitrogens is 1. The summed E-state index contributed by atoms with van der Waals surface area (Å²) in [5.41, 5.74) is -0.106. The highest BCUT2D eigenvalue weighted by molar-refractivity contribution is 6.31. The van der Waals surface area contributed by atoms with Crippen LogP contribution in [0.25, 0.3) is 0 Å². The van der Waals surface area contributed by atoms with Crippen molar-refractivity contribution >= 4 is 11.6 Å². The predicted octanol–water partition coefficient (Wildman–Crippen LogP) is 2.16. The van der Waals surface area contributed by atoms with Crippen molar-refractivity contribution < 1.29 is 13.9 Å². The molecule has 0 amide bonds. The Hall–Kier alpha value is -0.740. The van der Waals surface area contributed by atoms with Gasteiger partial charge in [0.05, 0.1) is 11.6 Å². The van der Waals surface area contributed by atoms with Gasteiger partial charge in [-0.1, -0.05) is 11.6 Å². The van der Waals surface area contributed by atoms with Gasteiger partial charge in [-0.3, -0.25) is 4.98 Å². The zero-order valence-electron chi connectivity index (χ0n) is 5.97. The lowest BCUT2D eigenvalue weighted by atomic mass is 10.2. The Labute approximate surface area is 72.8 Å². The molecule has 5 heteroatoms. The highest BCUT2D eigenvalue weighted by atomic mass is 35.5. The minimum atomic E-state index is -2.63.